The van der Waals surface area contributed by atoms with Gasteiger partial charge >= 0.3 is 0 Å². The highest BCUT2D eigenvalue weighted by Crippen LogP contribution is 2.41. The number of guanidine groups is 1. The van der Waals surface area contributed by atoms with Crippen molar-refractivity contribution in [1.82, 2.24) is 4.72 Å². The average Bonchev–Trinajstić information content (AvgIpc) is 2.58. The van der Waals surface area contributed by atoms with Crippen molar-refractivity contribution < 1.29 is 13.5 Å². The maximum absolute atomic E-state index is 13.8. The van der Waals surface area contributed by atoms with Gasteiger partial charge in [-0.1, -0.05) is 23.7 Å². The first-order chi connectivity index (χ1) is 11.6. The average molecular weight is 370 g/mol. The predicted molar refractivity (Wildman–Crippen MR) is 93.6 cm³/mol. The van der Waals surface area contributed by atoms with Crippen molar-refractivity contribution in [3.63, 3.8) is 0 Å². The summed E-state index contributed by atoms with van der Waals surface area (Å²) in [6.45, 7) is 0.978. The molecule has 0 saturated carbocycles. The molecule has 24 heavy (non-hydrogen) atoms. The number of methoxy groups -OCH3 is 1. The van der Waals surface area contributed by atoms with E-state index in [2.05, 4.69) is 15.0 Å². The number of nitrogens with one attached hydrogen (secondary N) is 2. The Morgan fingerprint density at radius 1 is 1.25 bits per heavy atom. The maximum Gasteiger partial charge on any atom is 0.206 e. The molecule has 8 heteroatoms. The van der Waals surface area contributed by atoms with Crippen molar-refractivity contribution >= 4 is 35.2 Å². The molecule has 2 aromatic carbocycles. The number of hydrogen-bond acceptors (Lipinski definition) is 3. The summed E-state index contributed by atoms with van der Waals surface area (Å²) in [6.07, 6.45) is 0. The van der Waals surface area contributed by atoms with E-state index in [1.54, 1.807) is 19.2 Å². The van der Waals surface area contributed by atoms with Gasteiger partial charge in [0.2, 0.25) is 5.96 Å². The summed E-state index contributed by atoms with van der Waals surface area (Å²) in [5.74, 6) is -0.926. The maximum atomic E-state index is 13.8. The number of hydrogen-bond donors (Lipinski definition) is 2. The Morgan fingerprint density at radius 2 is 2.08 bits per heavy atom. The lowest BCUT2D eigenvalue weighted by Crippen LogP contribution is -2.30. The molecule has 4 nitrogen and oxygen atoms in total. The smallest absolute Gasteiger partial charge is 0.206 e. The van der Waals surface area contributed by atoms with Crippen molar-refractivity contribution in [2.75, 3.05) is 25.6 Å². The highest BCUT2D eigenvalue weighted by molar-refractivity contribution is 7.98. The molecular formula is C16H14ClF2N3OS. The number of fused-ring (bicyclic) bond motifs is 1. The third kappa shape index (κ3) is 3.48. The molecule has 0 amide bonds. The van der Waals surface area contributed by atoms with Crippen molar-refractivity contribution in [3.8, 4) is 11.1 Å². The van der Waals surface area contributed by atoms with Crippen LogP contribution in [0.4, 0.5) is 14.5 Å². The van der Waals surface area contributed by atoms with E-state index in [0.29, 0.717) is 30.4 Å². The van der Waals surface area contributed by atoms with Gasteiger partial charge < -0.3 is 10.1 Å². The zero-order chi connectivity index (χ0) is 17.1. The van der Waals surface area contributed by atoms with Crippen LogP contribution in [0.5, 0.6) is 0 Å². The zero-order valence-corrected chi connectivity index (χ0v) is 14.3. The van der Waals surface area contributed by atoms with Crippen molar-refractivity contribution in [2.45, 2.75) is 4.90 Å². The van der Waals surface area contributed by atoms with Gasteiger partial charge in [0, 0.05) is 24.3 Å². The SMILES string of the molecule is COCCN=C1NSc2cccc(-c3cc(F)cc(F)c3Cl)c2N1. The lowest BCUT2D eigenvalue weighted by atomic mass is 10.0. The van der Waals surface area contributed by atoms with Gasteiger partial charge in [0.15, 0.2) is 0 Å². The molecule has 0 saturated heterocycles. The van der Waals surface area contributed by atoms with Crippen LogP contribution in [0.3, 0.4) is 0 Å². The summed E-state index contributed by atoms with van der Waals surface area (Å²) in [6, 6.07) is 7.43. The largest absolute Gasteiger partial charge is 0.383 e. The zero-order valence-electron chi connectivity index (χ0n) is 12.7. The molecule has 0 unspecified atom stereocenters. The van der Waals surface area contributed by atoms with Crippen LogP contribution >= 0.6 is 23.5 Å². The van der Waals surface area contributed by atoms with Gasteiger partial charge in [-0.25, -0.2) is 13.8 Å². The number of halogens is 3. The molecule has 1 aliphatic heterocycles. The van der Waals surface area contributed by atoms with Gasteiger partial charge in [0.05, 0.1) is 28.8 Å². The Balaban J connectivity index is 2.02. The molecule has 0 aromatic heterocycles. The number of para-hydroxylation sites is 1. The van der Waals surface area contributed by atoms with Gasteiger partial charge in [-0.05, 0) is 24.1 Å². The van der Waals surface area contributed by atoms with E-state index >= 15 is 0 Å². The molecular weight excluding hydrogens is 356 g/mol. The Kier molecular flexibility index (Phi) is 5.23. The molecule has 3 rings (SSSR count). The second-order valence-corrected chi connectivity index (χ2v) is 6.21. The molecule has 0 spiro atoms. The van der Waals surface area contributed by atoms with Crippen LogP contribution in [-0.4, -0.2) is 26.2 Å². The van der Waals surface area contributed by atoms with E-state index in [1.807, 2.05) is 6.07 Å². The number of benzene rings is 2. The normalized spacial score (nSPS) is 14.9. The molecule has 2 aromatic rings. The van der Waals surface area contributed by atoms with E-state index in [-0.39, 0.29) is 10.6 Å². The minimum atomic E-state index is -0.792. The molecule has 126 valence electrons. The standard InChI is InChI=1S/C16H14ClF2N3OS/c1-23-6-5-20-16-21-15-10(3-2-4-13(15)24-22-16)11-7-9(18)8-12(19)14(11)17/h2-4,7-8H,5-6H2,1H3,(H2,20,21,22). The molecule has 1 heterocycles. The Hall–Kier alpha value is -1.83. The van der Waals surface area contributed by atoms with Crippen LogP contribution in [0, 0.1) is 11.6 Å². The molecule has 2 N–H and O–H groups in total. The minimum Gasteiger partial charge on any atom is -0.383 e. The monoisotopic (exact) mass is 369 g/mol. The number of nitrogens with zero attached hydrogens (tertiary/aromatic N) is 1. The third-order valence-electron chi connectivity index (χ3n) is 3.38. The van der Waals surface area contributed by atoms with E-state index in [9.17, 15) is 8.78 Å². The Bertz CT molecular complexity index is 801. The van der Waals surface area contributed by atoms with E-state index in [0.717, 1.165) is 11.0 Å². The fraction of sp³-hybridized carbons (Fsp3) is 0.188. The Morgan fingerprint density at radius 3 is 2.88 bits per heavy atom. The fourth-order valence-corrected chi connectivity index (χ4v) is 3.23. The number of rotatable bonds is 4. The van der Waals surface area contributed by atoms with Crippen molar-refractivity contribution in [3.05, 3.63) is 47.0 Å². The van der Waals surface area contributed by atoms with E-state index < -0.39 is 11.6 Å². The van der Waals surface area contributed by atoms with Crippen molar-refractivity contribution in [1.29, 1.82) is 0 Å². The number of anilines is 1. The quantitative estimate of drug-likeness (QED) is 0.479. The second kappa shape index (κ2) is 7.38. The van der Waals surface area contributed by atoms with E-state index in [4.69, 9.17) is 16.3 Å². The topological polar surface area (TPSA) is 45.6 Å². The van der Waals surface area contributed by atoms with Crippen LogP contribution < -0.4 is 10.0 Å². The summed E-state index contributed by atoms with van der Waals surface area (Å²) in [7, 11) is 1.60. The van der Waals surface area contributed by atoms with Gasteiger partial charge in [-0.2, -0.15) is 0 Å². The van der Waals surface area contributed by atoms with Crippen LogP contribution in [0.1, 0.15) is 0 Å². The van der Waals surface area contributed by atoms with Gasteiger partial charge in [0.1, 0.15) is 11.6 Å². The molecule has 0 fully saturated rings. The molecule has 0 atom stereocenters. The summed E-state index contributed by atoms with van der Waals surface area (Å²) >= 11 is 7.41. The molecule has 1 aliphatic rings. The number of ether oxygens (including phenoxy) is 1. The summed E-state index contributed by atoms with van der Waals surface area (Å²) < 4.78 is 35.5. The van der Waals surface area contributed by atoms with Crippen LogP contribution in [-0.2, 0) is 4.74 Å². The summed E-state index contributed by atoms with van der Waals surface area (Å²) in [5, 5.41) is 3.03. The first-order valence-corrected chi connectivity index (χ1v) is 8.31. The number of aliphatic imine (C=N–C) groups is 1. The van der Waals surface area contributed by atoms with E-state index in [1.165, 1.54) is 18.0 Å². The summed E-state index contributed by atoms with van der Waals surface area (Å²) in [5.41, 5.74) is 1.59. The van der Waals surface area contributed by atoms with Gasteiger partial charge in [0.25, 0.3) is 0 Å². The first kappa shape index (κ1) is 17.0. The van der Waals surface area contributed by atoms with Gasteiger partial charge in [-0.15, -0.1) is 0 Å². The minimum absolute atomic E-state index is 0.118. The lowest BCUT2D eigenvalue weighted by molar-refractivity contribution is 0.208. The van der Waals surface area contributed by atoms with Crippen LogP contribution in [0.2, 0.25) is 5.02 Å². The lowest BCUT2D eigenvalue weighted by Gasteiger charge is -2.23. The van der Waals surface area contributed by atoms with Crippen LogP contribution in [0.25, 0.3) is 11.1 Å². The highest BCUT2D eigenvalue weighted by Gasteiger charge is 2.20. The highest BCUT2D eigenvalue weighted by atomic mass is 35.5. The Labute approximate surface area is 147 Å². The first-order valence-electron chi connectivity index (χ1n) is 7.11. The molecule has 0 radical (unpaired) electrons. The second-order valence-electron chi connectivity index (χ2n) is 4.98. The van der Waals surface area contributed by atoms with Crippen molar-refractivity contribution in [2.24, 2.45) is 4.99 Å². The van der Waals surface area contributed by atoms with Crippen LogP contribution in [0.15, 0.2) is 40.2 Å². The van der Waals surface area contributed by atoms with Gasteiger partial charge in [-0.3, -0.25) is 4.72 Å². The third-order valence-corrected chi connectivity index (χ3v) is 4.62. The predicted octanol–water partition coefficient (Wildman–Crippen LogP) is 4.31. The molecule has 0 bridgehead atoms. The fourth-order valence-electron chi connectivity index (χ4n) is 2.29. The molecule has 0 aliphatic carbocycles. The summed E-state index contributed by atoms with van der Waals surface area (Å²) in [4.78, 5) is 5.21.